The van der Waals surface area contributed by atoms with Gasteiger partial charge in [-0.25, -0.2) is 0 Å². The Kier molecular flexibility index (Phi) is 5.40. The fraction of sp³-hybridized carbons (Fsp3) is 0.133. The second-order valence-electron chi connectivity index (χ2n) is 4.24. The van der Waals surface area contributed by atoms with Crippen LogP contribution in [0.5, 0.6) is 0 Å². The first kappa shape index (κ1) is 15.3. The minimum absolute atomic E-state index is 0.546. The standard InChI is InChI=1S/C15H14BrClN2S/c1-2-10-8-11(16)6-7-14(10)19-15(20)18-13-5-3-4-12(17)9-13/h3-9H,2H2,1H3,(H2,18,19,20). The van der Waals surface area contributed by atoms with Crippen molar-refractivity contribution in [2.75, 3.05) is 10.6 Å². The van der Waals surface area contributed by atoms with Crippen molar-refractivity contribution in [3.05, 3.63) is 57.5 Å². The zero-order valence-corrected chi connectivity index (χ0v) is 14.1. The number of thiocarbonyl (C=S) groups is 1. The smallest absolute Gasteiger partial charge is 0.175 e. The molecule has 5 heteroatoms. The molecule has 0 saturated carbocycles. The minimum atomic E-state index is 0.546. The van der Waals surface area contributed by atoms with Crippen LogP contribution in [0.2, 0.25) is 5.02 Å². The third kappa shape index (κ3) is 4.20. The van der Waals surface area contributed by atoms with Crippen molar-refractivity contribution in [1.29, 1.82) is 0 Å². The summed E-state index contributed by atoms with van der Waals surface area (Å²) in [4.78, 5) is 0. The predicted octanol–water partition coefficient (Wildman–Crippen LogP) is 5.47. The largest absolute Gasteiger partial charge is 0.332 e. The first-order chi connectivity index (χ1) is 9.58. The first-order valence-corrected chi connectivity index (χ1v) is 7.78. The molecule has 2 N–H and O–H groups in total. The van der Waals surface area contributed by atoms with Gasteiger partial charge < -0.3 is 10.6 Å². The van der Waals surface area contributed by atoms with Gasteiger partial charge in [-0.1, -0.05) is 40.5 Å². The summed E-state index contributed by atoms with van der Waals surface area (Å²) in [6, 6.07) is 13.5. The Morgan fingerprint density at radius 2 is 2.00 bits per heavy atom. The molecule has 2 aromatic carbocycles. The van der Waals surface area contributed by atoms with Crippen molar-refractivity contribution in [2.45, 2.75) is 13.3 Å². The van der Waals surface area contributed by atoms with Crippen LogP contribution in [0, 0.1) is 0 Å². The maximum atomic E-state index is 5.94. The lowest BCUT2D eigenvalue weighted by atomic mass is 10.1. The van der Waals surface area contributed by atoms with Crippen LogP contribution in [-0.4, -0.2) is 5.11 Å². The number of benzene rings is 2. The molecule has 0 aliphatic carbocycles. The fourth-order valence-corrected chi connectivity index (χ4v) is 2.65. The van der Waals surface area contributed by atoms with Crippen molar-refractivity contribution in [3.8, 4) is 0 Å². The van der Waals surface area contributed by atoms with Crippen LogP contribution in [0.4, 0.5) is 11.4 Å². The van der Waals surface area contributed by atoms with Gasteiger partial charge in [0.1, 0.15) is 0 Å². The third-order valence-corrected chi connectivity index (χ3v) is 3.71. The van der Waals surface area contributed by atoms with E-state index in [-0.39, 0.29) is 0 Å². The molecule has 0 unspecified atom stereocenters. The molecule has 0 aromatic heterocycles. The summed E-state index contributed by atoms with van der Waals surface area (Å²) in [5.41, 5.74) is 3.08. The Morgan fingerprint density at radius 3 is 2.70 bits per heavy atom. The monoisotopic (exact) mass is 368 g/mol. The van der Waals surface area contributed by atoms with E-state index in [1.807, 2.05) is 36.4 Å². The van der Waals surface area contributed by atoms with Gasteiger partial charge in [-0.15, -0.1) is 0 Å². The van der Waals surface area contributed by atoms with E-state index in [4.69, 9.17) is 23.8 Å². The summed E-state index contributed by atoms with van der Waals surface area (Å²) in [5, 5.41) is 7.56. The van der Waals surface area contributed by atoms with Gasteiger partial charge in [0.05, 0.1) is 0 Å². The maximum Gasteiger partial charge on any atom is 0.175 e. The summed E-state index contributed by atoms with van der Waals surface area (Å²) in [6.45, 7) is 2.11. The Bertz CT molecular complexity index is 631. The van der Waals surface area contributed by atoms with Gasteiger partial charge in [-0.2, -0.15) is 0 Å². The van der Waals surface area contributed by atoms with Crippen molar-refractivity contribution < 1.29 is 0 Å². The molecule has 0 amide bonds. The fourth-order valence-electron chi connectivity index (χ4n) is 1.83. The summed E-state index contributed by atoms with van der Waals surface area (Å²) < 4.78 is 1.06. The second-order valence-corrected chi connectivity index (χ2v) is 6.00. The van der Waals surface area contributed by atoms with E-state index in [0.29, 0.717) is 10.1 Å². The average molecular weight is 370 g/mol. The topological polar surface area (TPSA) is 24.1 Å². The summed E-state index contributed by atoms with van der Waals surface area (Å²) >= 11 is 14.7. The van der Waals surface area contributed by atoms with Crippen molar-refractivity contribution in [1.82, 2.24) is 0 Å². The number of rotatable bonds is 3. The Labute approximate surface area is 137 Å². The highest BCUT2D eigenvalue weighted by Crippen LogP contribution is 2.22. The zero-order valence-electron chi connectivity index (χ0n) is 10.9. The molecule has 0 aliphatic rings. The minimum Gasteiger partial charge on any atom is -0.332 e. The maximum absolute atomic E-state index is 5.94. The highest BCUT2D eigenvalue weighted by Gasteiger charge is 2.04. The molecule has 2 aromatic rings. The van der Waals surface area contributed by atoms with Crippen LogP contribution in [0.3, 0.4) is 0 Å². The normalized spacial score (nSPS) is 10.2. The van der Waals surface area contributed by atoms with E-state index in [0.717, 1.165) is 22.3 Å². The van der Waals surface area contributed by atoms with E-state index in [9.17, 15) is 0 Å². The number of hydrogen-bond donors (Lipinski definition) is 2. The molecule has 2 nitrogen and oxygen atoms in total. The highest BCUT2D eigenvalue weighted by atomic mass is 79.9. The molecule has 0 fully saturated rings. The summed E-state index contributed by atoms with van der Waals surface area (Å²) in [5.74, 6) is 0. The van der Waals surface area contributed by atoms with E-state index in [2.05, 4.69) is 39.6 Å². The molecule has 0 radical (unpaired) electrons. The van der Waals surface area contributed by atoms with Crippen molar-refractivity contribution >= 4 is 56.2 Å². The van der Waals surface area contributed by atoms with E-state index in [1.165, 1.54) is 5.56 Å². The molecular weight excluding hydrogens is 356 g/mol. The van der Waals surface area contributed by atoms with Gasteiger partial charge in [0.25, 0.3) is 0 Å². The quantitative estimate of drug-likeness (QED) is 0.701. The highest BCUT2D eigenvalue weighted by molar-refractivity contribution is 9.10. The molecule has 104 valence electrons. The average Bonchev–Trinajstić information content (AvgIpc) is 2.40. The number of halogens is 2. The summed E-state index contributed by atoms with van der Waals surface area (Å²) in [7, 11) is 0. The van der Waals surface area contributed by atoms with Gasteiger partial charge in [0, 0.05) is 20.9 Å². The van der Waals surface area contributed by atoms with Gasteiger partial charge >= 0.3 is 0 Å². The van der Waals surface area contributed by atoms with Crippen LogP contribution in [0.1, 0.15) is 12.5 Å². The van der Waals surface area contributed by atoms with Gasteiger partial charge in [0.2, 0.25) is 0 Å². The van der Waals surface area contributed by atoms with Gasteiger partial charge in [-0.3, -0.25) is 0 Å². The van der Waals surface area contributed by atoms with Gasteiger partial charge in [-0.05, 0) is 60.6 Å². The molecule has 2 rings (SSSR count). The van der Waals surface area contributed by atoms with E-state index >= 15 is 0 Å². The number of anilines is 2. The Balaban J connectivity index is 2.08. The molecule has 0 bridgehead atoms. The molecule has 20 heavy (non-hydrogen) atoms. The van der Waals surface area contributed by atoms with E-state index in [1.54, 1.807) is 0 Å². The van der Waals surface area contributed by atoms with E-state index < -0.39 is 0 Å². The third-order valence-electron chi connectivity index (χ3n) is 2.78. The Hall–Kier alpha value is -1.10. The van der Waals surface area contributed by atoms with Crippen LogP contribution < -0.4 is 10.6 Å². The molecule has 0 aliphatic heterocycles. The summed E-state index contributed by atoms with van der Waals surface area (Å²) in [6.07, 6.45) is 0.932. The van der Waals surface area contributed by atoms with Crippen LogP contribution >= 0.6 is 39.7 Å². The van der Waals surface area contributed by atoms with Crippen molar-refractivity contribution in [3.63, 3.8) is 0 Å². The molecule has 0 heterocycles. The van der Waals surface area contributed by atoms with Gasteiger partial charge in [0.15, 0.2) is 5.11 Å². The number of hydrogen-bond acceptors (Lipinski definition) is 1. The Morgan fingerprint density at radius 1 is 1.20 bits per heavy atom. The van der Waals surface area contributed by atoms with Crippen LogP contribution in [-0.2, 0) is 6.42 Å². The lowest BCUT2D eigenvalue weighted by Crippen LogP contribution is -2.19. The number of aryl methyl sites for hydroxylation is 1. The van der Waals surface area contributed by atoms with Crippen molar-refractivity contribution in [2.24, 2.45) is 0 Å². The van der Waals surface area contributed by atoms with Crippen LogP contribution in [0.25, 0.3) is 0 Å². The molecule has 0 saturated heterocycles. The molecule has 0 atom stereocenters. The zero-order chi connectivity index (χ0) is 14.5. The first-order valence-electron chi connectivity index (χ1n) is 6.20. The molecular formula is C15H14BrClN2S. The lowest BCUT2D eigenvalue weighted by molar-refractivity contribution is 1.14. The second kappa shape index (κ2) is 7.07. The van der Waals surface area contributed by atoms with Crippen LogP contribution in [0.15, 0.2) is 46.9 Å². The SMILES string of the molecule is CCc1cc(Br)ccc1NC(=S)Nc1cccc(Cl)c1. The number of nitrogens with one attached hydrogen (secondary N) is 2. The lowest BCUT2D eigenvalue weighted by Gasteiger charge is -2.14. The molecule has 0 spiro atoms. The predicted molar refractivity (Wildman–Crippen MR) is 94.8 cm³/mol.